The van der Waals surface area contributed by atoms with Gasteiger partial charge in [0.1, 0.15) is 5.82 Å². The Hall–Kier alpha value is -2.98. The summed E-state index contributed by atoms with van der Waals surface area (Å²) in [5, 5.41) is 3.57. The number of halogens is 1. The first-order chi connectivity index (χ1) is 14.1. The lowest BCUT2D eigenvalue weighted by atomic mass is 9.74. The number of nitrogens with one attached hydrogen (secondary N) is 1. The molecule has 1 amide bonds. The lowest BCUT2D eigenvalue weighted by Crippen LogP contribution is -2.72. The summed E-state index contributed by atoms with van der Waals surface area (Å²) < 4.78 is 13.1. The Kier molecular flexibility index (Phi) is 4.44. The van der Waals surface area contributed by atoms with Gasteiger partial charge in [0.25, 0.3) is 5.91 Å². The Morgan fingerprint density at radius 2 is 1.59 bits per heavy atom. The Morgan fingerprint density at radius 1 is 0.931 bits per heavy atom. The summed E-state index contributed by atoms with van der Waals surface area (Å²) in [6.45, 7) is 3.49. The van der Waals surface area contributed by atoms with Crippen molar-refractivity contribution in [2.45, 2.75) is 24.9 Å². The fourth-order valence-electron chi connectivity index (χ4n) is 4.71. The summed E-state index contributed by atoms with van der Waals surface area (Å²) in [5.41, 5.74) is 5.65. The van der Waals surface area contributed by atoms with Crippen LogP contribution in [0.2, 0.25) is 0 Å². The van der Waals surface area contributed by atoms with Gasteiger partial charge in [-0.3, -0.25) is 4.79 Å². The van der Waals surface area contributed by atoms with Crippen molar-refractivity contribution in [2.75, 3.05) is 13.1 Å². The van der Waals surface area contributed by atoms with Crippen LogP contribution in [-0.2, 0) is 0 Å². The lowest BCUT2D eigenvalue weighted by molar-refractivity contribution is 0.0367. The van der Waals surface area contributed by atoms with E-state index in [2.05, 4.69) is 60.8 Å². The predicted octanol–water partition coefficient (Wildman–Crippen LogP) is 4.38. The number of amides is 1. The van der Waals surface area contributed by atoms with E-state index in [4.69, 9.17) is 0 Å². The molecule has 0 aromatic heterocycles. The van der Waals surface area contributed by atoms with Crippen LogP contribution in [0, 0.1) is 12.7 Å². The van der Waals surface area contributed by atoms with E-state index in [0.717, 1.165) is 0 Å². The van der Waals surface area contributed by atoms with Gasteiger partial charge < -0.3 is 10.2 Å². The number of piperidine rings is 1. The van der Waals surface area contributed by atoms with Gasteiger partial charge in [-0.25, -0.2) is 4.39 Å². The quantitative estimate of drug-likeness (QED) is 0.724. The summed E-state index contributed by atoms with van der Waals surface area (Å²) in [7, 11) is 0. The van der Waals surface area contributed by atoms with Gasteiger partial charge >= 0.3 is 0 Å². The van der Waals surface area contributed by atoms with E-state index in [9.17, 15) is 9.18 Å². The van der Waals surface area contributed by atoms with Crippen LogP contribution in [0.25, 0.3) is 11.1 Å². The summed E-state index contributed by atoms with van der Waals surface area (Å²) in [6, 6.07) is 23.6. The molecule has 3 aliphatic heterocycles. The number of benzene rings is 3. The zero-order valence-corrected chi connectivity index (χ0v) is 16.3. The van der Waals surface area contributed by atoms with Gasteiger partial charge in [-0.2, -0.15) is 0 Å². The smallest absolute Gasteiger partial charge is 0.253 e. The number of hydrogen-bond donors (Lipinski definition) is 1. The van der Waals surface area contributed by atoms with Gasteiger partial charge in [0.15, 0.2) is 0 Å². The Balaban J connectivity index is 1.29. The van der Waals surface area contributed by atoms with E-state index in [1.807, 2.05) is 4.90 Å². The molecule has 3 nitrogen and oxygen atoms in total. The van der Waals surface area contributed by atoms with Crippen molar-refractivity contribution in [3.05, 3.63) is 95.3 Å². The van der Waals surface area contributed by atoms with Crippen molar-refractivity contribution in [3.8, 4) is 11.1 Å². The number of aryl methyl sites for hydroxylation is 1. The van der Waals surface area contributed by atoms with Gasteiger partial charge in [0.2, 0.25) is 0 Å². The molecule has 0 spiro atoms. The molecule has 3 fully saturated rings. The highest BCUT2D eigenvalue weighted by Gasteiger charge is 2.48. The van der Waals surface area contributed by atoms with Crippen molar-refractivity contribution in [2.24, 2.45) is 0 Å². The highest BCUT2D eigenvalue weighted by Crippen LogP contribution is 2.38. The number of carbonyl (C=O) groups excluding carboxylic acids is 1. The maximum absolute atomic E-state index is 13.1. The maximum Gasteiger partial charge on any atom is 0.253 e. The van der Waals surface area contributed by atoms with Gasteiger partial charge in [-0.15, -0.1) is 0 Å². The van der Waals surface area contributed by atoms with E-state index < -0.39 is 0 Å². The highest BCUT2D eigenvalue weighted by atomic mass is 19.1. The van der Waals surface area contributed by atoms with Gasteiger partial charge in [0, 0.05) is 36.7 Å². The minimum atomic E-state index is -0.320. The molecule has 3 saturated heterocycles. The van der Waals surface area contributed by atoms with E-state index in [1.54, 1.807) is 12.1 Å². The molecule has 6 rings (SSSR count). The van der Waals surface area contributed by atoms with Gasteiger partial charge in [0.05, 0.1) is 0 Å². The largest absolute Gasteiger partial charge is 0.335 e. The number of hydrogen-bond acceptors (Lipinski definition) is 2. The fourth-order valence-corrected chi connectivity index (χ4v) is 4.71. The Morgan fingerprint density at radius 3 is 2.24 bits per heavy atom. The second kappa shape index (κ2) is 7.12. The molecule has 0 aliphatic carbocycles. The topological polar surface area (TPSA) is 32.3 Å². The zero-order valence-electron chi connectivity index (χ0n) is 16.3. The van der Waals surface area contributed by atoms with Crippen molar-refractivity contribution >= 4 is 5.91 Å². The normalized spacial score (nSPS) is 22.8. The van der Waals surface area contributed by atoms with Crippen molar-refractivity contribution < 1.29 is 9.18 Å². The minimum absolute atomic E-state index is 0.0187. The van der Waals surface area contributed by atoms with E-state index in [-0.39, 0.29) is 23.8 Å². The van der Waals surface area contributed by atoms with Crippen molar-refractivity contribution in [1.29, 1.82) is 0 Å². The third kappa shape index (κ3) is 3.23. The van der Waals surface area contributed by atoms with E-state index in [0.29, 0.717) is 24.6 Å². The van der Waals surface area contributed by atoms with Crippen LogP contribution >= 0.6 is 0 Å². The molecule has 4 heteroatoms. The monoisotopic (exact) mass is 386 g/mol. The first-order valence-electron chi connectivity index (χ1n) is 10.1. The summed E-state index contributed by atoms with van der Waals surface area (Å²) in [5.74, 6) is 0.0898. The van der Waals surface area contributed by atoms with Crippen molar-refractivity contribution in [3.63, 3.8) is 0 Å². The molecule has 0 saturated carbocycles. The molecule has 1 unspecified atom stereocenters. The van der Waals surface area contributed by atoms with Crippen LogP contribution in [-0.4, -0.2) is 36.0 Å². The molecule has 3 aliphatic rings. The van der Waals surface area contributed by atoms with Crippen LogP contribution in [0.5, 0.6) is 0 Å². The summed E-state index contributed by atoms with van der Waals surface area (Å²) in [6.07, 6.45) is 0. The molecular formula is C25H23FN2O. The third-order valence-electron chi connectivity index (χ3n) is 6.26. The highest BCUT2D eigenvalue weighted by molar-refractivity contribution is 5.94. The molecule has 3 aromatic carbocycles. The number of fused-ring (bicyclic) bond motifs is 2. The molecule has 1 N–H and O–H groups in total. The summed E-state index contributed by atoms with van der Waals surface area (Å²) in [4.78, 5) is 14.6. The van der Waals surface area contributed by atoms with E-state index in [1.165, 1.54) is 34.4 Å². The molecule has 146 valence electrons. The number of carbonyl (C=O) groups is 1. The first kappa shape index (κ1) is 18.1. The molecule has 3 heterocycles. The van der Waals surface area contributed by atoms with E-state index >= 15 is 0 Å². The number of nitrogens with zero attached hydrogens (tertiary/aromatic N) is 1. The standard InChI is InChI=1S/C25H23FN2O/c1-16-4-2-3-5-21(16)17-6-8-18(9-7-17)24-22-14-28(15-23(24)27-22)25(29)19-10-12-20(26)13-11-19/h2-13,22-24,27H,14-15H2,1H3/t22-,23+,24?. The van der Waals surface area contributed by atoms with Crippen LogP contribution in [0.3, 0.4) is 0 Å². The first-order valence-corrected chi connectivity index (χ1v) is 10.1. The van der Waals surface area contributed by atoms with Crippen molar-refractivity contribution in [1.82, 2.24) is 10.2 Å². The molecular weight excluding hydrogens is 363 g/mol. The molecule has 3 aromatic rings. The molecule has 29 heavy (non-hydrogen) atoms. The van der Waals surface area contributed by atoms with Crippen LogP contribution in [0.1, 0.15) is 27.4 Å². The molecule has 3 atom stereocenters. The second-order valence-electron chi connectivity index (χ2n) is 8.06. The maximum atomic E-state index is 13.1. The Labute approximate surface area is 170 Å². The fraction of sp³-hybridized carbons (Fsp3) is 0.240. The number of rotatable bonds is 3. The van der Waals surface area contributed by atoms with Gasteiger partial charge in [-0.1, -0.05) is 48.5 Å². The number of piperazine rings is 1. The lowest BCUT2D eigenvalue weighted by Gasteiger charge is -2.54. The van der Waals surface area contributed by atoms with Crippen LogP contribution in [0.15, 0.2) is 72.8 Å². The summed E-state index contributed by atoms with van der Waals surface area (Å²) >= 11 is 0. The second-order valence-corrected chi connectivity index (χ2v) is 8.06. The molecule has 2 bridgehead atoms. The van der Waals surface area contributed by atoms with Crippen LogP contribution < -0.4 is 5.32 Å². The average Bonchev–Trinajstić information content (AvgIpc) is 2.75. The molecule has 0 radical (unpaired) electrons. The third-order valence-corrected chi connectivity index (χ3v) is 6.26. The van der Waals surface area contributed by atoms with Crippen LogP contribution in [0.4, 0.5) is 4.39 Å². The predicted molar refractivity (Wildman–Crippen MR) is 112 cm³/mol. The zero-order chi connectivity index (χ0) is 20.0. The van der Waals surface area contributed by atoms with Gasteiger partial charge in [-0.05, 0) is 53.4 Å². The SMILES string of the molecule is Cc1ccccc1-c1ccc(C2[C@@H]3CN(C(=O)c4ccc(F)cc4)C[C@H]2N3)cc1. The minimum Gasteiger partial charge on any atom is -0.335 e. The average molecular weight is 386 g/mol. The Bertz CT molecular complexity index is 1030.